The van der Waals surface area contributed by atoms with Crippen molar-refractivity contribution in [2.24, 2.45) is 7.05 Å². The molecule has 3 rings (SSSR count). The molecule has 0 aliphatic rings. The van der Waals surface area contributed by atoms with Crippen LogP contribution in [0.3, 0.4) is 0 Å². The number of aromatic nitrogens is 2. The predicted octanol–water partition coefficient (Wildman–Crippen LogP) is 2.68. The van der Waals surface area contributed by atoms with E-state index in [4.69, 9.17) is 5.73 Å². The summed E-state index contributed by atoms with van der Waals surface area (Å²) >= 11 is 4.36. The molecule has 5 nitrogen and oxygen atoms in total. The van der Waals surface area contributed by atoms with E-state index in [9.17, 15) is 4.79 Å². The molecule has 0 unspecified atom stereocenters. The Hall–Kier alpha value is -2.47. The van der Waals surface area contributed by atoms with E-state index in [1.54, 1.807) is 12.3 Å². The maximum absolute atomic E-state index is 12.4. The Kier molecular flexibility index (Phi) is 4.00. The van der Waals surface area contributed by atoms with Crippen molar-refractivity contribution in [1.82, 2.24) is 14.9 Å². The second kappa shape index (κ2) is 5.96. The van der Waals surface area contributed by atoms with Crippen LogP contribution in [-0.2, 0) is 13.6 Å². The minimum absolute atomic E-state index is 0.134. The van der Waals surface area contributed by atoms with Crippen LogP contribution in [0.1, 0.15) is 21.7 Å². The largest absolute Gasteiger partial charge is 0.397 e. The number of pyridine rings is 1. The quantitative estimate of drug-likeness (QED) is 0.512. The van der Waals surface area contributed by atoms with Crippen LogP contribution < -0.4 is 11.1 Å². The third-order valence-corrected chi connectivity index (χ3v) is 4.52. The molecule has 0 atom stereocenters. The number of amides is 1. The van der Waals surface area contributed by atoms with Gasteiger partial charge in [0.1, 0.15) is 5.69 Å². The Morgan fingerprint density at radius 1 is 1.39 bits per heavy atom. The first kappa shape index (κ1) is 15.4. The lowest BCUT2D eigenvalue weighted by atomic mass is 10.1. The van der Waals surface area contributed by atoms with Gasteiger partial charge in [0.25, 0.3) is 5.91 Å². The molecule has 0 aliphatic heterocycles. The average Bonchev–Trinajstić information content (AvgIpc) is 2.82. The topological polar surface area (TPSA) is 72.9 Å². The standard InChI is InChI=1S/C17H18N4OS/c1-10-15(23)8-14(21(10)2)17(22)20-9-11-5-6-13(18)16-12(11)4-3-7-19-16/h3-8,23H,9,18H2,1-2H3,(H,20,22). The van der Waals surface area contributed by atoms with Crippen LogP contribution in [0.4, 0.5) is 5.69 Å². The van der Waals surface area contributed by atoms with E-state index in [1.807, 2.05) is 42.8 Å². The van der Waals surface area contributed by atoms with Gasteiger partial charge in [-0.3, -0.25) is 9.78 Å². The molecule has 6 heteroatoms. The number of nitrogen functional groups attached to an aromatic ring is 1. The molecule has 1 amide bonds. The number of hydrogen-bond acceptors (Lipinski definition) is 4. The second-order valence-corrected chi connectivity index (χ2v) is 5.94. The molecule has 1 aromatic carbocycles. The summed E-state index contributed by atoms with van der Waals surface area (Å²) < 4.78 is 1.83. The number of rotatable bonds is 3. The van der Waals surface area contributed by atoms with Gasteiger partial charge < -0.3 is 15.6 Å². The summed E-state index contributed by atoms with van der Waals surface area (Å²) in [6.07, 6.45) is 1.71. The van der Waals surface area contributed by atoms with Crippen molar-refractivity contribution in [2.75, 3.05) is 5.73 Å². The third kappa shape index (κ3) is 2.77. The van der Waals surface area contributed by atoms with E-state index < -0.39 is 0 Å². The zero-order valence-corrected chi connectivity index (χ0v) is 13.9. The number of carbonyl (C=O) groups excluding carboxylic acids is 1. The van der Waals surface area contributed by atoms with Crippen LogP contribution in [0.2, 0.25) is 0 Å². The molecule has 0 fully saturated rings. The van der Waals surface area contributed by atoms with E-state index in [0.717, 1.165) is 27.1 Å². The zero-order chi connectivity index (χ0) is 16.6. The molecule has 3 N–H and O–H groups in total. The monoisotopic (exact) mass is 326 g/mol. The number of fused-ring (bicyclic) bond motifs is 1. The van der Waals surface area contributed by atoms with Crippen molar-refractivity contribution in [2.45, 2.75) is 18.4 Å². The Balaban J connectivity index is 1.85. The Labute approximate surface area is 139 Å². The van der Waals surface area contributed by atoms with Gasteiger partial charge in [0, 0.05) is 35.8 Å². The lowest BCUT2D eigenvalue weighted by Crippen LogP contribution is -2.25. The summed E-state index contributed by atoms with van der Waals surface area (Å²) in [6.45, 7) is 2.34. The fourth-order valence-corrected chi connectivity index (χ4v) is 2.85. The molecule has 2 aromatic heterocycles. The van der Waals surface area contributed by atoms with Gasteiger partial charge in [0.05, 0.1) is 11.2 Å². The van der Waals surface area contributed by atoms with Crippen LogP contribution in [0, 0.1) is 6.92 Å². The van der Waals surface area contributed by atoms with Crippen molar-refractivity contribution in [1.29, 1.82) is 0 Å². The highest BCUT2D eigenvalue weighted by Gasteiger charge is 2.14. The van der Waals surface area contributed by atoms with E-state index in [2.05, 4.69) is 22.9 Å². The molecule has 3 aromatic rings. The summed E-state index contributed by atoms with van der Waals surface area (Å²) in [5, 5.41) is 3.90. The minimum atomic E-state index is -0.134. The number of nitrogens with one attached hydrogen (secondary N) is 1. The number of benzene rings is 1. The van der Waals surface area contributed by atoms with E-state index in [-0.39, 0.29) is 5.91 Å². The number of carbonyl (C=O) groups is 1. The molecule has 0 saturated heterocycles. The summed E-state index contributed by atoms with van der Waals surface area (Å²) in [4.78, 5) is 17.5. The molecule has 0 radical (unpaired) electrons. The molecular weight excluding hydrogens is 308 g/mol. The van der Waals surface area contributed by atoms with Gasteiger partial charge in [-0.25, -0.2) is 0 Å². The highest BCUT2D eigenvalue weighted by Crippen LogP contribution is 2.22. The zero-order valence-electron chi connectivity index (χ0n) is 13.0. The first-order valence-corrected chi connectivity index (χ1v) is 7.69. The van der Waals surface area contributed by atoms with Crippen molar-refractivity contribution >= 4 is 35.1 Å². The van der Waals surface area contributed by atoms with E-state index in [0.29, 0.717) is 17.9 Å². The molecule has 23 heavy (non-hydrogen) atoms. The van der Waals surface area contributed by atoms with Gasteiger partial charge in [-0.05, 0) is 30.7 Å². The average molecular weight is 326 g/mol. The van der Waals surface area contributed by atoms with Gasteiger partial charge in [-0.15, -0.1) is 12.6 Å². The fraction of sp³-hybridized carbons (Fsp3) is 0.176. The molecule has 118 valence electrons. The Bertz CT molecular complexity index is 901. The maximum Gasteiger partial charge on any atom is 0.268 e. The van der Waals surface area contributed by atoms with Gasteiger partial charge in [-0.1, -0.05) is 12.1 Å². The molecule has 2 heterocycles. The first-order chi connectivity index (χ1) is 11.0. The third-order valence-electron chi connectivity index (χ3n) is 4.07. The van der Waals surface area contributed by atoms with Gasteiger partial charge >= 0.3 is 0 Å². The van der Waals surface area contributed by atoms with Crippen molar-refractivity contribution in [3.8, 4) is 0 Å². The van der Waals surface area contributed by atoms with Crippen LogP contribution >= 0.6 is 12.6 Å². The Morgan fingerprint density at radius 3 is 2.87 bits per heavy atom. The molecule has 0 aliphatic carbocycles. The lowest BCUT2D eigenvalue weighted by molar-refractivity contribution is 0.0942. The van der Waals surface area contributed by atoms with Crippen LogP contribution in [-0.4, -0.2) is 15.5 Å². The summed E-state index contributed by atoms with van der Waals surface area (Å²) in [6, 6.07) is 9.32. The number of anilines is 1. The molecule has 0 spiro atoms. The van der Waals surface area contributed by atoms with Crippen molar-refractivity contribution < 1.29 is 4.79 Å². The van der Waals surface area contributed by atoms with Crippen LogP contribution in [0.5, 0.6) is 0 Å². The van der Waals surface area contributed by atoms with E-state index >= 15 is 0 Å². The van der Waals surface area contributed by atoms with Crippen LogP contribution in [0.15, 0.2) is 41.4 Å². The predicted molar refractivity (Wildman–Crippen MR) is 94.7 cm³/mol. The van der Waals surface area contributed by atoms with Crippen molar-refractivity contribution in [3.05, 3.63) is 53.5 Å². The van der Waals surface area contributed by atoms with E-state index in [1.165, 1.54) is 0 Å². The number of hydrogen-bond donors (Lipinski definition) is 3. The fourth-order valence-electron chi connectivity index (χ4n) is 2.57. The van der Waals surface area contributed by atoms with Crippen molar-refractivity contribution in [3.63, 3.8) is 0 Å². The first-order valence-electron chi connectivity index (χ1n) is 7.24. The molecular formula is C17H18N4OS. The smallest absolute Gasteiger partial charge is 0.268 e. The number of thiol groups is 1. The maximum atomic E-state index is 12.4. The minimum Gasteiger partial charge on any atom is -0.397 e. The second-order valence-electron chi connectivity index (χ2n) is 5.46. The molecule has 0 bridgehead atoms. The number of nitrogens with two attached hydrogens (primary N) is 1. The highest BCUT2D eigenvalue weighted by atomic mass is 32.1. The van der Waals surface area contributed by atoms with Gasteiger partial charge in [0.2, 0.25) is 0 Å². The Morgan fingerprint density at radius 2 is 2.17 bits per heavy atom. The van der Waals surface area contributed by atoms with Gasteiger partial charge in [-0.2, -0.15) is 0 Å². The highest BCUT2D eigenvalue weighted by molar-refractivity contribution is 7.80. The SMILES string of the molecule is Cc1c(S)cc(C(=O)NCc2ccc(N)c3ncccc23)n1C. The lowest BCUT2D eigenvalue weighted by Gasteiger charge is -2.10. The molecule has 0 saturated carbocycles. The normalized spacial score (nSPS) is 10.9. The summed E-state index contributed by atoms with van der Waals surface area (Å²) in [5.74, 6) is -0.134. The summed E-state index contributed by atoms with van der Waals surface area (Å²) in [7, 11) is 1.85. The van der Waals surface area contributed by atoms with Crippen LogP contribution in [0.25, 0.3) is 10.9 Å². The summed E-state index contributed by atoms with van der Waals surface area (Å²) in [5.41, 5.74) is 9.87. The van der Waals surface area contributed by atoms with Gasteiger partial charge in [0.15, 0.2) is 0 Å². The number of nitrogens with zero attached hydrogens (tertiary/aromatic N) is 2.